The summed E-state index contributed by atoms with van der Waals surface area (Å²) in [6.07, 6.45) is 1.63. The number of carbonyl (C=O) groups excluding carboxylic acids is 1. The highest BCUT2D eigenvalue weighted by molar-refractivity contribution is 14.1. The van der Waals surface area contributed by atoms with Gasteiger partial charge in [-0.25, -0.2) is 9.79 Å². The van der Waals surface area contributed by atoms with Crippen molar-refractivity contribution in [2.75, 3.05) is 7.11 Å². The highest BCUT2D eigenvalue weighted by Crippen LogP contribution is 2.36. The van der Waals surface area contributed by atoms with Crippen molar-refractivity contribution in [3.63, 3.8) is 0 Å². The summed E-state index contributed by atoms with van der Waals surface area (Å²) < 4.78 is 18.9. The van der Waals surface area contributed by atoms with E-state index in [2.05, 4.69) is 56.2 Å². The first-order valence-electron chi connectivity index (χ1n) is 9.57. The minimum atomic E-state index is -0.566. The van der Waals surface area contributed by atoms with Gasteiger partial charge >= 0.3 is 5.97 Å². The van der Waals surface area contributed by atoms with Crippen molar-refractivity contribution in [2.24, 2.45) is 4.99 Å². The van der Waals surface area contributed by atoms with Gasteiger partial charge in [0.05, 0.1) is 21.3 Å². The number of hydrogen-bond donors (Lipinski definition) is 0. The molecule has 1 aliphatic rings. The van der Waals surface area contributed by atoms with Crippen LogP contribution in [-0.4, -0.2) is 19.0 Å². The Bertz CT molecular complexity index is 1310. The zero-order valence-electron chi connectivity index (χ0n) is 17.1. The van der Waals surface area contributed by atoms with Gasteiger partial charge in [-0.1, -0.05) is 35.3 Å². The van der Waals surface area contributed by atoms with E-state index in [1.54, 1.807) is 37.5 Å². The molecule has 0 atom stereocenters. The molecular weight excluding hydrogens is 691 g/mol. The summed E-state index contributed by atoms with van der Waals surface area (Å²) in [6, 6.07) is 16.6. The lowest BCUT2D eigenvalue weighted by Gasteiger charge is -2.14. The van der Waals surface area contributed by atoms with E-state index >= 15 is 0 Å². The lowest BCUT2D eigenvalue weighted by Crippen LogP contribution is -2.06. The van der Waals surface area contributed by atoms with Gasteiger partial charge in [-0.3, -0.25) is 0 Å². The van der Waals surface area contributed by atoms with Crippen LogP contribution in [0.1, 0.15) is 16.7 Å². The van der Waals surface area contributed by atoms with Gasteiger partial charge in [-0.05, 0) is 105 Å². The maximum absolute atomic E-state index is 12.4. The third-order valence-electron chi connectivity index (χ3n) is 4.61. The molecule has 5 nitrogen and oxygen atoms in total. The lowest BCUT2D eigenvalue weighted by atomic mass is 10.1. The first-order chi connectivity index (χ1) is 15.8. The number of methoxy groups -OCH3 is 1. The summed E-state index contributed by atoms with van der Waals surface area (Å²) in [6.45, 7) is 0.408. The smallest absolute Gasteiger partial charge is 0.363 e. The van der Waals surface area contributed by atoms with Crippen molar-refractivity contribution in [1.82, 2.24) is 0 Å². The zero-order valence-corrected chi connectivity index (χ0v) is 22.9. The van der Waals surface area contributed by atoms with Crippen LogP contribution < -0.4 is 9.47 Å². The summed E-state index contributed by atoms with van der Waals surface area (Å²) in [5.41, 5.74) is 2.42. The minimum Gasteiger partial charge on any atom is -0.493 e. The second-order valence-corrected chi connectivity index (χ2v) is 10.2. The number of carbonyl (C=O) groups is 1. The standard InChI is InChI=1S/C24H15Cl2I2NO4/c1-31-21-10-14(8-19(28)22(21)32-12-13-3-2-4-16(27)7-13)9-20-24(30)33-23(29-20)17-6-5-15(25)11-18(17)26/h2-11H,12H2,1H3/b20-9-. The Labute approximate surface area is 228 Å². The molecule has 168 valence electrons. The van der Waals surface area contributed by atoms with E-state index < -0.39 is 5.97 Å². The molecule has 1 heterocycles. The van der Waals surface area contributed by atoms with Crippen LogP contribution in [0, 0.1) is 7.14 Å². The van der Waals surface area contributed by atoms with E-state index in [0.29, 0.717) is 33.7 Å². The molecule has 0 spiro atoms. The molecule has 0 N–H and O–H groups in total. The van der Waals surface area contributed by atoms with Gasteiger partial charge in [0.1, 0.15) is 6.61 Å². The number of benzene rings is 3. The Hall–Kier alpha value is -1.82. The van der Waals surface area contributed by atoms with Crippen LogP contribution in [0.2, 0.25) is 10.0 Å². The SMILES string of the molecule is COc1cc(/C=C2\N=C(c3ccc(Cl)cc3Cl)OC2=O)cc(I)c1OCc1cccc(I)c1. The average molecular weight is 706 g/mol. The third-order valence-corrected chi connectivity index (χ3v) is 6.63. The Morgan fingerprint density at radius 3 is 2.64 bits per heavy atom. The van der Waals surface area contributed by atoms with Crippen molar-refractivity contribution in [3.8, 4) is 11.5 Å². The molecule has 3 aromatic carbocycles. The summed E-state index contributed by atoms with van der Waals surface area (Å²) >= 11 is 16.6. The Kier molecular flexibility index (Phi) is 7.83. The van der Waals surface area contributed by atoms with Gasteiger partial charge in [0, 0.05) is 8.59 Å². The monoisotopic (exact) mass is 705 g/mol. The number of rotatable bonds is 6. The van der Waals surface area contributed by atoms with Gasteiger partial charge < -0.3 is 14.2 Å². The molecule has 4 rings (SSSR count). The van der Waals surface area contributed by atoms with E-state index in [9.17, 15) is 4.79 Å². The topological polar surface area (TPSA) is 57.1 Å². The van der Waals surface area contributed by atoms with E-state index in [1.807, 2.05) is 24.3 Å². The van der Waals surface area contributed by atoms with Gasteiger partial charge in [0.15, 0.2) is 17.2 Å². The average Bonchev–Trinajstić information content (AvgIpc) is 3.12. The third kappa shape index (κ3) is 5.82. The molecule has 3 aromatic rings. The van der Waals surface area contributed by atoms with Crippen LogP contribution >= 0.6 is 68.4 Å². The van der Waals surface area contributed by atoms with Crippen LogP contribution in [0.25, 0.3) is 6.08 Å². The molecule has 1 aliphatic heterocycles. The molecule has 0 bridgehead atoms. The highest BCUT2D eigenvalue weighted by Gasteiger charge is 2.26. The fourth-order valence-corrected chi connectivity index (χ4v) is 4.97. The number of halogens is 4. The summed E-state index contributed by atoms with van der Waals surface area (Å²) in [5, 5.41) is 0.830. The zero-order chi connectivity index (χ0) is 23.5. The van der Waals surface area contributed by atoms with Crippen molar-refractivity contribution < 1.29 is 19.0 Å². The van der Waals surface area contributed by atoms with Gasteiger partial charge in [-0.2, -0.15) is 0 Å². The van der Waals surface area contributed by atoms with Crippen LogP contribution in [0.5, 0.6) is 11.5 Å². The highest BCUT2D eigenvalue weighted by atomic mass is 127. The molecule has 0 aliphatic carbocycles. The molecular formula is C24H15Cl2I2NO4. The Morgan fingerprint density at radius 2 is 1.91 bits per heavy atom. The minimum absolute atomic E-state index is 0.132. The van der Waals surface area contributed by atoms with Gasteiger partial charge in [-0.15, -0.1) is 0 Å². The fraction of sp³-hybridized carbons (Fsp3) is 0.0833. The van der Waals surface area contributed by atoms with E-state index in [1.165, 1.54) is 0 Å². The van der Waals surface area contributed by atoms with Crippen LogP contribution in [0.4, 0.5) is 0 Å². The molecule has 33 heavy (non-hydrogen) atoms. The van der Waals surface area contributed by atoms with Gasteiger partial charge in [0.2, 0.25) is 5.90 Å². The first kappa shape index (κ1) is 24.3. The van der Waals surface area contributed by atoms with E-state index in [-0.39, 0.29) is 11.6 Å². The number of esters is 1. The number of nitrogens with zero attached hydrogens (tertiary/aromatic N) is 1. The lowest BCUT2D eigenvalue weighted by molar-refractivity contribution is -0.129. The predicted octanol–water partition coefficient (Wildman–Crippen LogP) is 7.13. The van der Waals surface area contributed by atoms with Crippen molar-refractivity contribution in [1.29, 1.82) is 0 Å². The van der Waals surface area contributed by atoms with Crippen molar-refractivity contribution in [2.45, 2.75) is 6.61 Å². The molecule has 9 heteroatoms. The summed E-state index contributed by atoms with van der Waals surface area (Å²) in [7, 11) is 1.57. The first-order valence-corrected chi connectivity index (χ1v) is 12.5. The van der Waals surface area contributed by atoms with Crippen molar-refractivity contribution in [3.05, 3.63) is 94.2 Å². The van der Waals surface area contributed by atoms with Crippen LogP contribution in [0.15, 0.2) is 65.3 Å². The second-order valence-electron chi connectivity index (χ2n) is 6.91. The quantitative estimate of drug-likeness (QED) is 0.156. The van der Waals surface area contributed by atoms with Gasteiger partial charge in [0.25, 0.3) is 0 Å². The van der Waals surface area contributed by atoms with Crippen LogP contribution in [-0.2, 0) is 16.1 Å². The number of hydrogen-bond acceptors (Lipinski definition) is 5. The molecule has 0 aromatic heterocycles. The fourth-order valence-electron chi connectivity index (χ4n) is 3.09. The number of ether oxygens (including phenoxy) is 3. The largest absolute Gasteiger partial charge is 0.493 e. The number of aliphatic imine (C=N–C) groups is 1. The maximum Gasteiger partial charge on any atom is 0.363 e. The van der Waals surface area contributed by atoms with Crippen molar-refractivity contribution >= 4 is 86.3 Å². The number of cyclic esters (lactones) is 1. The van der Waals surface area contributed by atoms with E-state index in [0.717, 1.165) is 18.3 Å². The molecule has 0 saturated heterocycles. The van der Waals surface area contributed by atoms with E-state index in [4.69, 9.17) is 37.4 Å². The maximum atomic E-state index is 12.4. The summed E-state index contributed by atoms with van der Waals surface area (Å²) in [4.78, 5) is 16.7. The molecule has 0 unspecified atom stereocenters. The van der Waals surface area contributed by atoms with Crippen LogP contribution in [0.3, 0.4) is 0 Å². The predicted molar refractivity (Wildman–Crippen MR) is 146 cm³/mol. The Balaban J connectivity index is 1.60. The molecule has 0 fully saturated rings. The summed E-state index contributed by atoms with van der Waals surface area (Å²) in [5.74, 6) is 0.747. The molecule has 0 saturated carbocycles. The second kappa shape index (κ2) is 10.6. The normalized spacial score (nSPS) is 14.3. The molecule has 0 radical (unpaired) electrons. The Morgan fingerprint density at radius 1 is 1.09 bits per heavy atom. The molecule has 0 amide bonds.